The molecular formula is C26H19NO2S. The van der Waals surface area contributed by atoms with E-state index in [0.29, 0.717) is 12.3 Å². The lowest BCUT2D eigenvalue weighted by Crippen LogP contribution is -2.17. The monoisotopic (exact) mass is 409 g/mol. The van der Waals surface area contributed by atoms with Gasteiger partial charge >= 0.3 is 5.97 Å². The minimum absolute atomic E-state index is 0.303. The molecule has 2 aromatic heterocycles. The van der Waals surface area contributed by atoms with Gasteiger partial charge in [-0.05, 0) is 36.8 Å². The lowest BCUT2D eigenvalue weighted by atomic mass is 10.1. The minimum atomic E-state index is -0.423. The summed E-state index contributed by atoms with van der Waals surface area (Å²) in [4.78, 5) is 13.6. The molecule has 30 heavy (non-hydrogen) atoms. The fourth-order valence-electron chi connectivity index (χ4n) is 3.32. The number of esters is 1. The second kappa shape index (κ2) is 8.74. The Morgan fingerprint density at radius 1 is 1.07 bits per heavy atom. The fraction of sp³-hybridized carbons (Fsp3) is 0.115. The zero-order valence-electron chi connectivity index (χ0n) is 16.5. The predicted octanol–water partition coefficient (Wildman–Crippen LogP) is 5.50. The Balaban J connectivity index is 1.84. The zero-order chi connectivity index (χ0) is 20.9. The number of thiophene rings is 1. The van der Waals surface area contributed by atoms with Crippen LogP contribution in [-0.2, 0) is 4.74 Å². The molecule has 2 heterocycles. The minimum Gasteiger partial charge on any atom is -0.461 e. The molecule has 146 valence electrons. The number of hydrogen-bond donors (Lipinski definition) is 0. The summed E-state index contributed by atoms with van der Waals surface area (Å²) in [6, 6.07) is 23.0. The molecule has 0 saturated heterocycles. The van der Waals surface area contributed by atoms with Crippen molar-refractivity contribution >= 4 is 27.5 Å². The van der Waals surface area contributed by atoms with E-state index < -0.39 is 6.04 Å². The summed E-state index contributed by atoms with van der Waals surface area (Å²) in [5.74, 6) is 8.87. The summed E-state index contributed by atoms with van der Waals surface area (Å²) in [6.45, 7) is 2.10. The Bertz CT molecular complexity index is 1280. The van der Waals surface area contributed by atoms with E-state index in [0.717, 1.165) is 26.2 Å². The lowest BCUT2D eigenvalue weighted by molar-refractivity contribution is 0.0514. The standard InChI is InChI=1S/C26H19NO2S/c1-3-22(20-13-9-6-10-14-20)27-23-17-21(16-15-19-11-7-5-8-12-19)30-25(23)18-24(27)26(28)29-4-2/h1,5-14,17-18,22H,4H2,2H3. The van der Waals surface area contributed by atoms with Gasteiger partial charge in [-0.1, -0.05) is 66.3 Å². The normalized spacial score (nSPS) is 11.3. The maximum Gasteiger partial charge on any atom is 0.355 e. The molecule has 1 unspecified atom stereocenters. The van der Waals surface area contributed by atoms with Gasteiger partial charge in [-0.2, -0.15) is 0 Å². The van der Waals surface area contributed by atoms with Gasteiger partial charge < -0.3 is 9.30 Å². The van der Waals surface area contributed by atoms with Crippen molar-refractivity contribution in [3.05, 3.63) is 94.5 Å². The van der Waals surface area contributed by atoms with E-state index in [4.69, 9.17) is 11.2 Å². The van der Waals surface area contributed by atoms with Crippen molar-refractivity contribution in [3.8, 4) is 24.2 Å². The first-order valence-electron chi connectivity index (χ1n) is 9.61. The van der Waals surface area contributed by atoms with E-state index in [1.54, 1.807) is 6.92 Å². The number of hydrogen-bond acceptors (Lipinski definition) is 3. The van der Waals surface area contributed by atoms with Crippen molar-refractivity contribution in [3.63, 3.8) is 0 Å². The highest BCUT2D eigenvalue weighted by Gasteiger charge is 2.24. The molecule has 0 aliphatic carbocycles. The van der Waals surface area contributed by atoms with Crippen molar-refractivity contribution in [1.29, 1.82) is 0 Å². The van der Waals surface area contributed by atoms with Gasteiger partial charge in [-0.25, -0.2) is 4.79 Å². The molecule has 0 saturated carbocycles. The molecule has 2 aromatic carbocycles. The number of carbonyl (C=O) groups excluding carboxylic acids is 1. The highest BCUT2D eigenvalue weighted by Crippen LogP contribution is 2.34. The number of nitrogens with zero attached hydrogens (tertiary/aromatic N) is 1. The van der Waals surface area contributed by atoms with Crippen LogP contribution in [0, 0.1) is 24.2 Å². The van der Waals surface area contributed by atoms with Gasteiger partial charge in [0, 0.05) is 5.56 Å². The molecular weight excluding hydrogens is 390 g/mol. The molecule has 0 N–H and O–H groups in total. The summed E-state index contributed by atoms with van der Waals surface area (Å²) in [6.07, 6.45) is 5.92. The quantitative estimate of drug-likeness (QED) is 0.329. The third kappa shape index (κ3) is 3.87. The Morgan fingerprint density at radius 2 is 1.77 bits per heavy atom. The molecule has 4 rings (SSSR count). The largest absolute Gasteiger partial charge is 0.461 e. The third-order valence-corrected chi connectivity index (χ3v) is 5.63. The van der Waals surface area contributed by atoms with Crippen molar-refractivity contribution in [2.24, 2.45) is 0 Å². The van der Waals surface area contributed by atoms with Crippen molar-refractivity contribution in [1.82, 2.24) is 4.57 Å². The summed E-state index contributed by atoms with van der Waals surface area (Å²) in [5, 5.41) is 0. The smallest absolute Gasteiger partial charge is 0.355 e. The first-order chi connectivity index (χ1) is 14.7. The highest BCUT2D eigenvalue weighted by atomic mass is 32.1. The van der Waals surface area contributed by atoms with Crippen LogP contribution in [0.25, 0.3) is 10.2 Å². The molecule has 0 aliphatic heterocycles. The zero-order valence-corrected chi connectivity index (χ0v) is 17.3. The Kier molecular flexibility index (Phi) is 5.70. The molecule has 0 bridgehead atoms. The van der Waals surface area contributed by atoms with Crippen LogP contribution in [0.4, 0.5) is 0 Å². The third-order valence-electron chi connectivity index (χ3n) is 4.65. The molecule has 1 atom stereocenters. The molecule has 0 aliphatic rings. The SMILES string of the molecule is C#CC(c1ccccc1)n1c(C(=O)OCC)cc2sc(C#Cc3ccccc3)cc21. The molecule has 3 nitrogen and oxygen atoms in total. The van der Waals surface area contributed by atoms with Crippen molar-refractivity contribution < 1.29 is 9.53 Å². The molecule has 0 fully saturated rings. The van der Waals surface area contributed by atoms with Crippen LogP contribution in [0.3, 0.4) is 0 Å². The lowest BCUT2D eigenvalue weighted by Gasteiger charge is -2.17. The summed E-state index contributed by atoms with van der Waals surface area (Å²) < 4.78 is 8.11. The molecule has 0 amide bonds. The average molecular weight is 410 g/mol. The fourth-order valence-corrected chi connectivity index (χ4v) is 4.27. The van der Waals surface area contributed by atoms with Crippen LogP contribution in [0.5, 0.6) is 0 Å². The van der Waals surface area contributed by atoms with Gasteiger partial charge in [0.2, 0.25) is 0 Å². The number of benzene rings is 2. The van der Waals surface area contributed by atoms with Crippen molar-refractivity contribution in [2.45, 2.75) is 13.0 Å². The maximum absolute atomic E-state index is 12.6. The maximum atomic E-state index is 12.6. The number of terminal acetylenes is 1. The predicted molar refractivity (Wildman–Crippen MR) is 122 cm³/mol. The van der Waals surface area contributed by atoms with E-state index in [9.17, 15) is 4.79 Å². The van der Waals surface area contributed by atoms with Crippen molar-refractivity contribution in [2.75, 3.05) is 6.61 Å². The van der Waals surface area contributed by atoms with Crippen LogP contribution >= 0.6 is 11.3 Å². The van der Waals surface area contributed by atoms with Gasteiger partial charge in [0.25, 0.3) is 0 Å². The van der Waals surface area contributed by atoms with Crippen LogP contribution in [0.1, 0.15) is 39.5 Å². The van der Waals surface area contributed by atoms with Gasteiger partial charge in [0.15, 0.2) is 0 Å². The second-order valence-corrected chi connectivity index (χ2v) is 7.66. The topological polar surface area (TPSA) is 31.2 Å². The highest BCUT2D eigenvalue weighted by molar-refractivity contribution is 7.19. The van der Waals surface area contributed by atoms with Gasteiger partial charge in [0.05, 0.1) is 21.7 Å². The van der Waals surface area contributed by atoms with Crippen LogP contribution in [-0.4, -0.2) is 17.1 Å². The van der Waals surface area contributed by atoms with E-state index >= 15 is 0 Å². The summed E-state index contributed by atoms with van der Waals surface area (Å²) in [5.41, 5.74) is 3.22. The number of rotatable bonds is 4. The number of fused-ring (bicyclic) bond motifs is 1. The van der Waals surface area contributed by atoms with Crippen LogP contribution in [0.2, 0.25) is 0 Å². The molecule has 4 aromatic rings. The number of ether oxygens (including phenoxy) is 1. The van der Waals surface area contributed by atoms with E-state index in [1.165, 1.54) is 11.3 Å². The number of carbonyl (C=O) groups is 1. The molecule has 0 spiro atoms. The van der Waals surface area contributed by atoms with Gasteiger partial charge in [-0.15, -0.1) is 17.8 Å². The summed E-state index contributed by atoms with van der Waals surface area (Å²) in [7, 11) is 0. The van der Waals surface area contributed by atoms with E-state index in [-0.39, 0.29) is 5.97 Å². The van der Waals surface area contributed by atoms with Gasteiger partial charge in [-0.3, -0.25) is 0 Å². The molecule has 4 heteroatoms. The molecule has 0 radical (unpaired) electrons. The van der Waals surface area contributed by atoms with Crippen LogP contribution < -0.4 is 0 Å². The van der Waals surface area contributed by atoms with Gasteiger partial charge in [0.1, 0.15) is 11.7 Å². The Labute approximate surface area is 179 Å². The second-order valence-electron chi connectivity index (χ2n) is 6.58. The van der Waals surface area contributed by atoms with Crippen LogP contribution in [0.15, 0.2) is 72.8 Å². The van der Waals surface area contributed by atoms with E-state index in [2.05, 4.69) is 17.8 Å². The first-order valence-corrected chi connectivity index (χ1v) is 10.4. The van der Waals surface area contributed by atoms with E-state index in [1.807, 2.05) is 77.4 Å². The first kappa shape index (κ1) is 19.6. The summed E-state index contributed by atoms with van der Waals surface area (Å²) >= 11 is 1.54. The average Bonchev–Trinajstić information content (AvgIpc) is 3.33. The Hall–Kier alpha value is -3.73. The Morgan fingerprint density at radius 3 is 2.43 bits per heavy atom. The number of aromatic nitrogens is 1.